The standard InChI is InChI=1S/C21H28N6O3/c1-25(2)21(16-6-4-3-5-7-16)10-8-20(9-11-21)15-26(19(30)22-20)12-17-13-27(24-23-17)14-18(28)29/h3-7,13H,8-12,14-15H2,1-2H3,(H,22,30)(H,28,29). The van der Waals surface area contributed by atoms with Gasteiger partial charge in [0.2, 0.25) is 0 Å². The van der Waals surface area contributed by atoms with E-state index in [0.717, 1.165) is 25.7 Å². The summed E-state index contributed by atoms with van der Waals surface area (Å²) in [6.45, 7) is 0.704. The van der Waals surface area contributed by atoms with Crippen LogP contribution in [0.4, 0.5) is 4.79 Å². The first kappa shape index (κ1) is 20.3. The van der Waals surface area contributed by atoms with Crippen molar-refractivity contribution in [3.8, 4) is 0 Å². The number of urea groups is 1. The third-order valence-corrected chi connectivity index (χ3v) is 6.59. The summed E-state index contributed by atoms with van der Waals surface area (Å²) in [5, 5.41) is 19.9. The van der Waals surface area contributed by atoms with Crippen LogP contribution in [0.5, 0.6) is 0 Å². The second-order valence-corrected chi connectivity index (χ2v) is 8.66. The third kappa shape index (κ3) is 3.77. The second kappa shape index (κ2) is 7.71. The summed E-state index contributed by atoms with van der Waals surface area (Å²) in [5.41, 5.74) is 1.65. The molecule has 1 aromatic heterocycles. The second-order valence-electron chi connectivity index (χ2n) is 8.66. The van der Waals surface area contributed by atoms with Gasteiger partial charge in [-0.1, -0.05) is 35.5 Å². The van der Waals surface area contributed by atoms with Crippen molar-refractivity contribution >= 4 is 12.0 Å². The fourth-order valence-corrected chi connectivity index (χ4v) is 4.90. The Morgan fingerprint density at radius 2 is 1.90 bits per heavy atom. The molecule has 1 aromatic carbocycles. The summed E-state index contributed by atoms with van der Waals surface area (Å²) >= 11 is 0. The van der Waals surface area contributed by atoms with E-state index < -0.39 is 5.97 Å². The highest BCUT2D eigenvalue weighted by atomic mass is 16.4. The number of carboxylic acids is 1. The SMILES string of the molecule is CN(C)C1(c2ccccc2)CCC2(CC1)CN(Cc1cn(CC(=O)O)nn1)C(=O)N2. The van der Waals surface area contributed by atoms with E-state index in [1.165, 1.54) is 10.2 Å². The molecule has 0 bridgehead atoms. The largest absolute Gasteiger partial charge is 0.480 e. The molecule has 9 nitrogen and oxygen atoms in total. The van der Waals surface area contributed by atoms with Crippen LogP contribution in [0.15, 0.2) is 36.5 Å². The number of carbonyl (C=O) groups is 2. The molecule has 4 rings (SSSR count). The van der Waals surface area contributed by atoms with Gasteiger partial charge in [-0.2, -0.15) is 0 Å². The molecule has 2 aliphatic rings. The zero-order chi connectivity index (χ0) is 21.4. The van der Waals surface area contributed by atoms with Crippen LogP contribution in [0.3, 0.4) is 0 Å². The molecule has 1 spiro atoms. The number of nitrogens with one attached hydrogen (secondary N) is 1. The Morgan fingerprint density at radius 3 is 2.53 bits per heavy atom. The van der Waals surface area contributed by atoms with Crippen molar-refractivity contribution in [2.24, 2.45) is 0 Å². The maximum absolute atomic E-state index is 12.7. The van der Waals surface area contributed by atoms with Gasteiger partial charge in [-0.25, -0.2) is 9.48 Å². The topological polar surface area (TPSA) is 104 Å². The number of hydrogen-bond acceptors (Lipinski definition) is 5. The normalized spacial score (nSPS) is 26.4. The van der Waals surface area contributed by atoms with E-state index in [9.17, 15) is 9.59 Å². The van der Waals surface area contributed by atoms with Crippen molar-refractivity contribution in [1.82, 2.24) is 30.1 Å². The predicted octanol–water partition coefficient (Wildman–Crippen LogP) is 1.66. The lowest BCUT2D eigenvalue weighted by Gasteiger charge is -2.48. The van der Waals surface area contributed by atoms with E-state index in [1.54, 1.807) is 11.1 Å². The molecule has 1 saturated carbocycles. The lowest BCUT2D eigenvalue weighted by Crippen LogP contribution is -2.54. The van der Waals surface area contributed by atoms with Crippen LogP contribution in [0.25, 0.3) is 0 Å². The fourth-order valence-electron chi connectivity index (χ4n) is 4.90. The molecule has 0 radical (unpaired) electrons. The molecule has 2 amide bonds. The number of nitrogens with zero attached hydrogens (tertiary/aromatic N) is 5. The van der Waals surface area contributed by atoms with Crippen molar-refractivity contribution in [3.05, 3.63) is 47.8 Å². The van der Waals surface area contributed by atoms with E-state index >= 15 is 0 Å². The van der Waals surface area contributed by atoms with Crippen LogP contribution < -0.4 is 5.32 Å². The summed E-state index contributed by atoms with van der Waals surface area (Å²) < 4.78 is 1.27. The molecule has 2 fully saturated rings. The molecule has 9 heteroatoms. The van der Waals surface area contributed by atoms with Gasteiger partial charge in [0, 0.05) is 12.1 Å². The zero-order valence-electron chi connectivity index (χ0n) is 17.4. The minimum atomic E-state index is -0.977. The Bertz CT molecular complexity index is 918. The van der Waals surface area contributed by atoms with Gasteiger partial charge < -0.3 is 15.3 Å². The third-order valence-electron chi connectivity index (χ3n) is 6.59. The van der Waals surface area contributed by atoms with Crippen molar-refractivity contribution in [2.45, 2.75) is 49.9 Å². The van der Waals surface area contributed by atoms with Crippen LogP contribution in [-0.2, 0) is 23.4 Å². The van der Waals surface area contributed by atoms with Crippen LogP contribution in [0.2, 0.25) is 0 Å². The van der Waals surface area contributed by atoms with Crippen molar-refractivity contribution in [3.63, 3.8) is 0 Å². The van der Waals surface area contributed by atoms with E-state index in [-0.39, 0.29) is 23.7 Å². The van der Waals surface area contributed by atoms with Gasteiger partial charge in [0.05, 0.1) is 18.3 Å². The zero-order valence-corrected chi connectivity index (χ0v) is 17.4. The van der Waals surface area contributed by atoms with E-state index in [1.807, 2.05) is 6.07 Å². The van der Waals surface area contributed by atoms with Crippen LogP contribution in [-0.4, -0.2) is 68.1 Å². The van der Waals surface area contributed by atoms with E-state index in [0.29, 0.717) is 18.8 Å². The molecule has 2 aromatic rings. The van der Waals surface area contributed by atoms with E-state index in [2.05, 4.69) is 58.9 Å². The Labute approximate surface area is 175 Å². The molecule has 1 aliphatic carbocycles. The number of carboxylic acid groups (broad SMARTS) is 1. The molecule has 1 aliphatic heterocycles. The smallest absolute Gasteiger partial charge is 0.325 e. The van der Waals surface area contributed by atoms with Gasteiger partial charge in [0.15, 0.2) is 0 Å². The van der Waals surface area contributed by atoms with Gasteiger partial charge in [-0.3, -0.25) is 9.69 Å². The van der Waals surface area contributed by atoms with E-state index in [4.69, 9.17) is 5.11 Å². The summed E-state index contributed by atoms with van der Waals surface area (Å²) in [5.74, 6) is -0.977. The highest BCUT2D eigenvalue weighted by molar-refractivity contribution is 5.78. The van der Waals surface area contributed by atoms with Crippen LogP contribution in [0, 0.1) is 0 Å². The number of aliphatic carboxylic acids is 1. The lowest BCUT2D eigenvalue weighted by molar-refractivity contribution is -0.137. The Hall–Kier alpha value is -2.94. The van der Waals surface area contributed by atoms with Crippen LogP contribution >= 0.6 is 0 Å². The average molecular weight is 412 g/mol. The first-order chi connectivity index (χ1) is 14.3. The van der Waals surface area contributed by atoms with Gasteiger partial charge >= 0.3 is 12.0 Å². The number of benzene rings is 1. The van der Waals surface area contributed by atoms with Gasteiger partial charge in [-0.05, 0) is 45.3 Å². The first-order valence-electron chi connectivity index (χ1n) is 10.2. The molecule has 1 saturated heterocycles. The lowest BCUT2D eigenvalue weighted by atomic mass is 9.69. The molecule has 30 heavy (non-hydrogen) atoms. The fraction of sp³-hybridized carbons (Fsp3) is 0.524. The highest BCUT2D eigenvalue weighted by Crippen LogP contribution is 2.45. The Balaban J connectivity index is 1.44. The van der Waals surface area contributed by atoms with Gasteiger partial charge in [0.25, 0.3) is 0 Å². The number of hydrogen-bond donors (Lipinski definition) is 2. The number of carbonyl (C=O) groups excluding carboxylic acids is 1. The molecular weight excluding hydrogens is 384 g/mol. The Kier molecular flexibility index (Phi) is 5.23. The average Bonchev–Trinajstić information content (AvgIpc) is 3.27. The quantitative estimate of drug-likeness (QED) is 0.748. The molecule has 2 heterocycles. The van der Waals surface area contributed by atoms with Crippen molar-refractivity contribution < 1.29 is 14.7 Å². The minimum absolute atomic E-state index is 0.0236. The number of rotatable bonds is 6. The first-order valence-corrected chi connectivity index (χ1v) is 10.2. The predicted molar refractivity (Wildman–Crippen MR) is 110 cm³/mol. The summed E-state index contributed by atoms with van der Waals surface area (Å²) in [4.78, 5) is 27.5. The number of amides is 2. The summed E-state index contributed by atoms with van der Waals surface area (Å²) in [7, 11) is 4.26. The highest BCUT2D eigenvalue weighted by Gasteiger charge is 2.50. The Morgan fingerprint density at radius 1 is 1.20 bits per heavy atom. The maximum Gasteiger partial charge on any atom is 0.325 e. The van der Waals surface area contributed by atoms with Crippen molar-refractivity contribution in [1.29, 1.82) is 0 Å². The molecule has 0 unspecified atom stereocenters. The monoisotopic (exact) mass is 412 g/mol. The molecular formula is C21H28N6O3. The van der Waals surface area contributed by atoms with Gasteiger partial charge in [0.1, 0.15) is 12.2 Å². The summed E-state index contributed by atoms with van der Waals surface area (Å²) in [6.07, 6.45) is 5.31. The minimum Gasteiger partial charge on any atom is -0.480 e. The molecule has 160 valence electrons. The molecule has 2 N–H and O–H groups in total. The maximum atomic E-state index is 12.7. The molecule has 0 atom stereocenters. The summed E-state index contributed by atoms with van der Waals surface area (Å²) in [6, 6.07) is 10.5. The van der Waals surface area contributed by atoms with Crippen molar-refractivity contribution in [2.75, 3.05) is 20.6 Å². The number of aromatic nitrogens is 3. The van der Waals surface area contributed by atoms with Gasteiger partial charge in [-0.15, -0.1) is 5.10 Å². The van der Waals surface area contributed by atoms with Crippen LogP contribution in [0.1, 0.15) is 36.9 Å².